The third kappa shape index (κ3) is 3.49. The van der Waals surface area contributed by atoms with E-state index in [-0.39, 0.29) is 5.92 Å². The molecule has 0 spiro atoms. The molecule has 118 valence electrons. The monoisotopic (exact) mass is 313 g/mol. The van der Waals surface area contributed by atoms with Crippen molar-refractivity contribution in [2.45, 2.75) is 37.3 Å². The minimum absolute atomic E-state index is 0.254. The average Bonchev–Trinajstić information content (AvgIpc) is 3.18. The highest BCUT2D eigenvalue weighted by Gasteiger charge is 2.41. The molecule has 2 nitrogen and oxygen atoms in total. The van der Waals surface area contributed by atoms with Gasteiger partial charge in [0.25, 0.3) is 0 Å². The molecule has 1 aliphatic carbocycles. The van der Waals surface area contributed by atoms with Crippen LogP contribution in [0.3, 0.4) is 0 Å². The highest BCUT2D eigenvalue weighted by molar-refractivity contribution is 5.38. The van der Waals surface area contributed by atoms with E-state index in [1.54, 1.807) is 0 Å². The fourth-order valence-electron chi connectivity index (χ4n) is 2.19. The van der Waals surface area contributed by atoms with E-state index in [0.717, 1.165) is 0 Å². The van der Waals surface area contributed by atoms with Crippen LogP contribution in [0, 0.1) is 5.92 Å². The van der Waals surface area contributed by atoms with Crippen LogP contribution >= 0.6 is 0 Å². The Morgan fingerprint density at radius 3 is 2.05 bits per heavy atom. The van der Waals surface area contributed by atoms with Gasteiger partial charge in [0.05, 0.1) is 23.3 Å². The molecule has 1 aliphatic rings. The zero-order valence-corrected chi connectivity index (χ0v) is 10.7. The van der Waals surface area contributed by atoms with Crippen molar-refractivity contribution in [3.05, 3.63) is 34.9 Å². The number of halogens is 6. The van der Waals surface area contributed by atoms with Gasteiger partial charge in [-0.25, -0.2) is 0 Å². The lowest BCUT2D eigenvalue weighted by molar-refractivity contribution is -0.142. The molecule has 0 amide bonds. The van der Waals surface area contributed by atoms with Gasteiger partial charge in [-0.3, -0.25) is 0 Å². The van der Waals surface area contributed by atoms with E-state index in [4.69, 9.17) is 5.73 Å². The standard InChI is InChI=1S/C13H13F6NO/c14-12(15,16)7-3-4-9(13(17,18)19)8(5-7)10(20)11(21)6-1-2-6/h3-6,10-11,21H,1-2,20H2/t10-,11+/m0/s1. The highest BCUT2D eigenvalue weighted by atomic mass is 19.4. The second-order valence-corrected chi connectivity index (χ2v) is 5.15. The number of aliphatic hydroxyl groups is 1. The third-order valence-electron chi connectivity index (χ3n) is 3.52. The van der Waals surface area contributed by atoms with Crippen molar-refractivity contribution in [3.8, 4) is 0 Å². The number of aliphatic hydroxyl groups excluding tert-OH is 1. The Kier molecular flexibility index (Phi) is 3.96. The maximum atomic E-state index is 12.9. The van der Waals surface area contributed by atoms with Gasteiger partial charge in [0.15, 0.2) is 0 Å². The molecule has 3 N–H and O–H groups in total. The van der Waals surface area contributed by atoms with Gasteiger partial charge in [-0.15, -0.1) is 0 Å². The fourth-order valence-corrected chi connectivity index (χ4v) is 2.19. The second kappa shape index (κ2) is 5.17. The van der Waals surface area contributed by atoms with Crippen molar-refractivity contribution in [1.82, 2.24) is 0 Å². The molecule has 0 aromatic heterocycles. The zero-order chi connectivity index (χ0) is 16.0. The Morgan fingerprint density at radius 1 is 1.05 bits per heavy atom. The van der Waals surface area contributed by atoms with Crippen molar-refractivity contribution >= 4 is 0 Å². The number of nitrogens with two attached hydrogens (primary N) is 1. The van der Waals surface area contributed by atoms with E-state index >= 15 is 0 Å². The lowest BCUT2D eigenvalue weighted by atomic mass is 9.92. The number of benzene rings is 1. The first-order valence-electron chi connectivity index (χ1n) is 6.24. The normalized spacial score (nSPS) is 19.4. The van der Waals surface area contributed by atoms with Crippen molar-refractivity contribution in [1.29, 1.82) is 0 Å². The summed E-state index contributed by atoms with van der Waals surface area (Å²) in [7, 11) is 0. The van der Waals surface area contributed by atoms with Crippen LogP contribution in [-0.4, -0.2) is 11.2 Å². The van der Waals surface area contributed by atoms with Crippen molar-refractivity contribution < 1.29 is 31.4 Å². The molecule has 8 heteroatoms. The first-order chi connectivity index (χ1) is 9.51. The molecule has 0 bridgehead atoms. The van der Waals surface area contributed by atoms with E-state index in [9.17, 15) is 31.4 Å². The molecule has 0 unspecified atom stereocenters. The first kappa shape index (κ1) is 16.1. The quantitative estimate of drug-likeness (QED) is 0.839. The van der Waals surface area contributed by atoms with Gasteiger partial charge in [0, 0.05) is 0 Å². The van der Waals surface area contributed by atoms with Crippen LogP contribution in [0.25, 0.3) is 0 Å². The topological polar surface area (TPSA) is 46.2 Å². The number of alkyl halides is 6. The lowest BCUT2D eigenvalue weighted by Crippen LogP contribution is -2.30. The summed E-state index contributed by atoms with van der Waals surface area (Å²) < 4.78 is 76.6. The predicted octanol–water partition coefficient (Wildman–Crippen LogP) is 3.49. The van der Waals surface area contributed by atoms with Crippen LogP contribution in [-0.2, 0) is 12.4 Å². The molecule has 0 radical (unpaired) electrons. The molecule has 2 atom stereocenters. The number of hydrogen-bond donors (Lipinski definition) is 2. The Morgan fingerprint density at radius 2 is 1.62 bits per heavy atom. The van der Waals surface area contributed by atoms with E-state index in [2.05, 4.69) is 0 Å². The smallest absolute Gasteiger partial charge is 0.391 e. The van der Waals surface area contributed by atoms with E-state index in [1.807, 2.05) is 0 Å². The van der Waals surface area contributed by atoms with Crippen LogP contribution in [0.15, 0.2) is 18.2 Å². The molecule has 21 heavy (non-hydrogen) atoms. The van der Waals surface area contributed by atoms with Gasteiger partial charge < -0.3 is 10.8 Å². The highest BCUT2D eigenvalue weighted by Crippen LogP contribution is 2.42. The van der Waals surface area contributed by atoms with Crippen molar-refractivity contribution in [3.63, 3.8) is 0 Å². The molecule has 0 aliphatic heterocycles. The molecular weight excluding hydrogens is 300 g/mol. The third-order valence-corrected chi connectivity index (χ3v) is 3.52. The van der Waals surface area contributed by atoms with Gasteiger partial charge in [-0.05, 0) is 42.5 Å². The predicted molar refractivity (Wildman–Crippen MR) is 62.1 cm³/mol. The summed E-state index contributed by atoms with van der Waals surface area (Å²) in [5, 5.41) is 9.82. The van der Waals surface area contributed by atoms with Crippen molar-refractivity contribution in [2.24, 2.45) is 11.7 Å². The molecule has 0 saturated heterocycles. The van der Waals surface area contributed by atoms with Crippen LogP contribution < -0.4 is 5.73 Å². The summed E-state index contributed by atoms with van der Waals surface area (Å²) in [6.45, 7) is 0. The minimum Gasteiger partial charge on any atom is -0.391 e. The van der Waals surface area contributed by atoms with Crippen molar-refractivity contribution in [2.75, 3.05) is 0 Å². The SMILES string of the molecule is N[C@@H](c1cc(C(F)(F)F)ccc1C(F)(F)F)[C@H](O)C1CC1. The van der Waals surface area contributed by atoms with Gasteiger partial charge in [0.2, 0.25) is 0 Å². The van der Waals surface area contributed by atoms with Gasteiger partial charge in [-0.2, -0.15) is 26.3 Å². The summed E-state index contributed by atoms with van der Waals surface area (Å²) in [6.07, 6.45) is -9.68. The fraction of sp³-hybridized carbons (Fsp3) is 0.538. The lowest BCUT2D eigenvalue weighted by Gasteiger charge is -2.24. The second-order valence-electron chi connectivity index (χ2n) is 5.15. The summed E-state index contributed by atoms with van der Waals surface area (Å²) in [5.74, 6) is -0.254. The molecule has 0 heterocycles. The number of rotatable bonds is 3. The van der Waals surface area contributed by atoms with Gasteiger partial charge in [0.1, 0.15) is 0 Å². The van der Waals surface area contributed by atoms with Gasteiger partial charge >= 0.3 is 12.4 Å². The molecular formula is C13H13F6NO. The molecule has 1 aromatic carbocycles. The van der Waals surface area contributed by atoms with E-state index < -0.39 is 41.2 Å². The maximum absolute atomic E-state index is 12.9. The van der Waals surface area contributed by atoms with Crippen LogP contribution in [0.4, 0.5) is 26.3 Å². The summed E-state index contributed by atoms with van der Waals surface area (Å²) >= 11 is 0. The average molecular weight is 313 g/mol. The summed E-state index contributed by atoms with van der Waals surface area (Å²) in [4.78, 5) is 0. The summed E-state index contributed by atoms with van der Waals surface area (Å²) in [5.41, 5.74) is 2.38. The maximum Gasteiger partial charge on any atom is 0.416 e. The van der Waals surface area contributed by atoms with Crippen LogP contribution in [0.5, 0.6) is 0 Å². The zero-order valence-electron chi connectivity index (χ0n) is 10.7. The Balaban J connectivity index is 2.47. The molecule has 1 fully saturated rings. The van der Waals surface area contributed by atoms with E-state index in [0.29, 0.717) is 31.0 Å². The first-order valence-corrected chi connectivity index (χ1v) is 6.24. The van der Waals surface area contributed by atoms with Crippen LogP contribution in [0.1, 0.15) is 35.6 Å². The van der Waals surface area contributed by atoms with E-state index in [1.165, 1.54) is 0 Å². The summed E-state index contributed by atoms with van der Waals surface area (Å²) in [6, 6.07) is -0.407. The van der Waals surface area contributed by atoms with Gasteiger partial charge in [-0.1, -0.05) is 0 Å². The Hall–Kier alpha value is -1.28. The molecule has 1 saturated carbocycles. The number of hydrogen-bond acceptors (Lipinski definition) is 2. The van der Waals surface area contributed by atoms with Crippen LogP contribution in [0.2, 0.25) is 0 Å². The largest absolute Gasteiger partial charge is 0.416 e. The molecule has 2 rings (SSSR count). The minimum atomic E-state index is -4.83. The Bertz CT molecular complexity index is 520. The molecule has 1 aromatic rings. The Labute approximate surface area is 116 Å².